The average Bonchev–Trinajstić information content (AvgIpc) is 2.85. The minimum Gasteiger partial charge on any atom is -0.480 e. The number of hydrogen-bond acceptors (Lipinski definition) is 2. The van der Waals surface area contributed by atoms with E-state index < -0.39 is 5.97 Å². The van der Waals surface area contributed by atoms with Crippen molar-refractivity contribution in [2.24, 2.45) is 0 Å². The summed E-state index contributed by atoms with van der Waals surface area (Å²) in [6.45, 7) is 2.08. The lowest BCUT2D eigenvalue weighted by Crippen LogP contribution is -2.36. The van der Waals surface area contributed by atoms with Crippen LogP contribution in [0.3, 0.4) is 0 Å². The molecule has 0 saturated carbocycles. The van der Waals surface area contributed by atoms with Gasteiger partial charge in [0, 0.05) is 29.2 Å². The fourth-order valence-corrected chi connectivity index (χ4v) is 2.13. The van der Waals surface area contributed by atoms with E-state index in [-0.39, 0.29) is 12.5 Å². The van der Waals surface area contributed by atoms with Gasteiger partial charge in [0.25, 0.3) is 5.91 Å². The summed E-state index contributed by atoms with van der Waals surface area (Å²) < 4.78 is 0. The topological polar surface area (TPSA) is 73.4 Å². The van der Waals surface area contributed by atoms with E-state index in [0.29, 0.717) is 12.1 Å². The summed E-state index contributed by atoms with van der Waals surface area (Å²) in [5.41, 5.74) is 1.41. The second kappa shape index (κ2) is 5.56. The van der Waals surface area contributed by atoms with Gasteiger partial charge in [-0.15, -0.1) is 0 Å². The van der Waals surface area contributed by atoms with Crippen molar-refractivity contribution in [3.8, 4) is 0 Å². The normalized spacial score (nSPS) is 10.6. The Balaban J connectivity index is 2.35. The number of fused-ring (bicyclic) bond motifs is 1. The number of nitrogens with one attached hydrogen (secondary N) is 1. The molecule has 2 aromatic rings. The third kappa shape index (κ3) is 2.76. The SMILES string of the molecule is CCCN(CC(=O)O)C(=O)c1cccc2[nH]ccc12. The lowest BCUT2D eigenvalue weighted by Gasteiger charge is -2.20. The molecule has 0 aliphatic carbocycles. The van der Waals surface area contributed by atoms with Crippen LogP contribution in [0.5, 0.6) is 0 Å². The van der Waals surface area contributed by atoms with Crippen molar-refractivity contribution in [3.63, 3.8) is 0 Å². The third-order valence-electron chi connectivity index (χ3n) is 2.93. The fourth-order valence-electron chi connectivity index (χ4n) is 2.13. The predicted octanol–water partition coefficient (Wildman–Crippen LogP) is 2.10. The standard InChI is InChI=1S/C14H16N2O3/c1-2-8-16(9-13(17)18)14(19)11-4-3-5-12-10(11)6-7-15-12/h3-7,15H,2,8-9H2,1H3,(H,17,18). The number of aromatic amines is 1. The Morgan fingerprint density at radius 3 is 2.79 bits per heavy atom. The van der Waals surface area contributed by atoms with Crippen LogP contribution in [0, 0.1) is 0 Å². The second-order valence-electron chi connectivity index (χ2n) is 4.36. The fraction of sp³-hybridized carbons (Fsp3) is 0.286. The van der Waals surface area contributed by atoms with Crippen LogP contribution in [0.25, 0.3) is 10.9 Å². The van der Waals surface area contributed by atoms with Gasteiger partial charge in [0.15, 0.2) is 0 Å². The number of nitrogens with zero attached hydrogens (tertiary/aromatic N) is 1. The first-order valence-electron chi connectivity index (χ1n) is 6.20. The summed E-state index contributed by atoms with van der Waals surface area (Å²) in [7, 11) is 0. The Bertz CT molecular complexity index is 604. The molecule has 2 N–H and O–H groups in total. The van der Waals surface area contributed by atoms with Gasteiger partial charge in [-0.3, -0.25) is 9.59 Å². The number of amides is 1. The average molecular weight is 260 g/mol. The maximum Gasteiger partial charge on any atom is 0.323 e. The highest BCUT2D eigenvalue weighted by Crippen LogP contribution is 2.19. The van der Waals surface area contributed by atoms with E-state index in [1.807, 2.05) is 19.1 Å². The van der Waals surface area contributed by atoms with Crippen molar-refractivity contribution < 1.29 is 14.7 Å². The van der Waals surface area contributed by atoms with E-state index in [4.69, 9.17) is 5.11 Å². The van der Waals surface area contributed by atoms with Gasteiger partial charge in [0.1, 0.15) is 6.54 Å². The highest BCUT2D eigenvalue weighted by atomic mass is 16.4. The summed E-state index contributed by atoms with van der Waals surface area (Å²) in [6, 6.07) is 7.22. The van der Waals surface area contributed by atoms with E-state index in [1.54, 1.807) is 18.3 Å². The molecule has 1 heterocycles. The molecule has 0 radical (unpaired) electrons. The van der Waals surface area contributed by atoms with Crippen LogP contribution in [0.15, 0.2) is 30.5 Å². The molecule has 1 aromatic carbocycles. The lowest BCUT2D eigenvalue weighted by atomic mass is 10.1. The molecular weight excluding hydrogens is 244 g/mol. The van der Waals surface area contributed by atoms with Crippen molar-refractivity contribution in [2.45, 2.75) is 13.3 Å². The number of H-pyrrole nitrogens is 1. The van der Waals surface area contributed by atoms with Crippen LogP contribution in [-0.2, 0) is 4.79 Å². The van der Waals surface area contributed by atoms with Crippen LogP contribution < -0.4 is 0 Å². The van der Waals surface area contributed by atoms with Crippen LogP contribution in [0.4, 0.5) is 0 Å². The van der Waals surface area contributed by atoms with E-state index >= 15 is 0 Å². The van der Waals surface area contributed by atoms with Crippen molar-refractivity contribution >= 4 is 22.8 Å². The second-order valence-corrected chi connectivity index (χ2v) is 4.36. The maximum atomic E-state index is 12.4. The number of carbonyl (C=O) groups excluding carboxylic acids is 1. The Morgan fingerprint density at radius 2 is 2.11 bits per heavy atom. The highest BCUT2D eigenvalue weighted by Gasteiger charge is 2.19. The maximum absolute atomic E-state index is 12.4. The molecule has 0 aliphatic heterocycles. The Kier molecular flexibility index (Phi) is 3.85. The first kappa shape index (κ1) is 13.1. The number of aliphatic carboxylic acids is 1. The van der Waals surface area contributed by atoms with Gasteiger partial charge in [-0.25, -0.2) is 0 Å². The number of carbonyl (C=O) groups is 2. The number of rotatable bonds is 5. The molecule has 0 bridgehead atoms. The van der Waals surface area contributed by atoms with Crippen molar-refractivity contribution in [1.29, 1.82) is 0 Å². The Hall–Kier alpha value is -2.30. The van der Waals surface area contributed by atoms with Gasteiger partial charge in [0.05, 0.1) is 0 Å². The van der Waals surface area contributed by atoms with Crippen molar-refractivity contribution in [2.75, 3.05) is 13.1 Å². The van der Waals surface area contributed by atoms with Crippen molar-refractivity contribution in [1.82, 2.24) is 9.88 Å². The molecule has 19 heavy (non-hydrogen) atoms. The highest BCUT2D eigenvalue weighted by molar-refractivity contribution is 6.07. The molecule has 5 heteroatoms. The summed E-state index contributed by atoms with van der Waals surface area (Å²) in [4.78, 5) is 27.7. The van der Waals surface area contributed by atoms with Gasteiger partial charge in [-0.1, -0.05) is 13.0 Å². The molecule has 0 spiro atoms. The smallest absolute Gasteiger partial charge is 0.323 e. The number of benzene rings is 1. The van der Waals surface area contributed by atoms with Gasteiger partial charge < -0.3 is 15.0 Å². The zero-order valence-electron chi connectivity index (χ0n) is 10.7. The first-order chi connectivity index (χ1) is 9.13. The molecule has 0 atom stereocenters. The van der Waals surface area contributed by atoms with E-state index in [0.717, 1.165) is 17.3 Å². The molecular formula is C14H16N2O3. The zero-order chi connectivity index (χ0) is 13.8. The zero-order valence-corrected chi connectivity index (χ0v) is 10.7. The summed E-state index contributed by atoms with van der Waals surface area (Å²) in [5.74, 6) is -1.24. The Morgan fingerprint density at radius 1 is 1.32 bits per heavy atom. The molecule has 0 unspecified atom stereocenters. The van der Waals surface area contributed by atoms with Gasteiger partial charge >= 0.3 is 5.97 Å². The molecule has 5 nitrogen and oxygen atoms in total. The number of carboxylic acid groups (broad SMARTS) is 1. The van der Waals surface area contributed by atoms with Crippen LogP contribution >= 0.6 is 0 Å². The van der Waals surface area contributed by atoms with Crippen LogP contribution in [0.1, 0.15) is 23.7 Å². The van der Waals surface area contributed by atoms with E-state index in [1.165, 1.54) is 4.90 Å². The van der Waals surface area contributed by atoms with Crippen molar-refractivity contribution in [3.05, 3.63) is 36.0 Å². The minimum absolute atomic E-state index is 0.241. The van der Waals surface area contributed by atoms with Gasteiger partial charge in [0.2, 0.25) is 0 Å². The minimum atomic E-state index is -0.997. The molecule has 0 saturated heterocycles. The molecule has 100 valence electrons. The molecule has 0 aliphatic rings. The van der Waals surface area contributed by atoms with E-state index in [2.05, 4.69) is 4.98 Å². The number of hydrogen-bond donors (Lipinski definition) is 2. The number of carboxylic acids is 1. The molecule has 1 amide bonds. The molecule has 1 aromatic heterocycles. The Labute approximate surface area is 110 Å². The summed E-state index contributed by atoms with van der Waals surface area (Å²) in [5, 5.41) is 9.70. The molecule has 0 fully saturated rings. The summed E-state index contributed by atoms with van der Waals surface area (Å²) in [6.07, 6.45) is 2.49. The lowest BCUT2D eigenvalue weighted by molar-refractivity contribution is -0.137. The van der Waals surface area contributed by atoms with E-state index in [9.17, 15) is 9.59 Å². The van der Waals surface area contributed by atoms with Crippen LogP contribution in [0.2, 0.25) is 0 Å². The number of aromatic nitrogens is 1. The van der Waals surface area contributed by atoms with Gasteiger partial charge in [-0.2, -0.15) is 0 Å². The van der Waals surface area contributed by atoms with Gasteiger partial charge in [-0.05, 0) is 24.6 Å². The monoisotopic (exact) mass is 260 g/mol. The largest absolute Gasteiger partial charge is 0.480 e. The third-order valence-corrected chi connectivity index (χ3v) is 2.93. The first-order valence-corrected chi connectivity index (χ1v) is 6.20. The summed E-state index contributed by atoms with van der Waals surface area (Å²) >= 11 is 0. The quantitative estimate of drug-likeness (QED) is 0.864. The molecule has 2 rings (SSSR count). The van der Waals surface area contributed by atoms with Crippen LogP contribution in [-0.4, -0.2) is 40.0 Å². The predicted molar refractivity (Wildman–Crippen MR) is 72.1 cm³/mol.